The molecule has 0 aromatic rings. The van der Waals surface area contributed by atoms with Crippen LogP contribution < -0.4 is 11.5 Å². The molecule has 2 saturated carbocycles. The summed E-state index contributed by atoms with van der Waals surface area (Å²) in [6, 6.07) is 0. The highest BCUT2D eigenvalue weighted by Gasteiger charge is 2.49. The highest BCUT2D eigenvalue weighted by atomic mass is 16.1. The third-order valence-electron chi connectivity index (χ3n) is 4.08. The summed E-state index contributed by atoms with van der Waals surface area (Å²) < 4.78 is 0. The van der Waals surface area contributed by atoms with Gasteiger partial charge in [-0.3, -0.25) is 9.59 Å². The molecule has 0 radical (unpaired) electrons. The van der Waals surface area contributed by atoms with E-state index in [4.69, 9.17) is 11.5 Å². The molecule has 0 aromatic carbocycles. The van der Waals surface area contributed by atoms with E-state index in [1.807, 2.05) is 12.2 Å². The summed E-state index contributed by atoms with van der Waals surface area (Å²) >= 11 is 0. The Bertz CT molecular complexity index is 400. The number of amides is 2. The number of rotatable bonds is 4. The lowest BCUT2D eigenvalue weighted by atomic mass is 9.74. The zero-order valence-electron chi connectivity index (χ0n) is 9.76. The standard InChI is InChI=1S/C13H18N2O2/c14-11(16)2-1-10-7-9-3-5-13(10,8-9)6-4-12(15)17/h1-2,4,6,9-10H,3,5,7-8H2,(H2,14,16)(H2,15,17). The molecule has 0 heterocycles. The molecule has 3 atom stereocenters. The second kappa shape index (κ2) is 4.35. The van der Waals surface area contributed by atoms with Gasteiger partial charge in [0, 0.05) is 0 Å². The van der Waals surface area contributed by atoms with E-state index in [9.17, 15) is 9.59 Å². The number of hydrogen-bond acceptors (Lipinski definition) is 2. The SMILES string of the molecule is NC(=O)C=CC1CC2CCC1(C=CC(N)=O)C2. The molecule has 0 saturated heterocycles. The number of allylic oxidation sites excluding steroid dienone is 2. The van der Waals surface area contributed by atoms with Crippen LogP contribution in [0.4, 0.5) is 0 Å². The molecule has 2 bridgehead atoms. The van der Waals surface area contributed by atoms with Gasteiger partial charge in [0.25, 0.3) is 0 Å². The topological polar surface area (TPSA) is 86.2 Å². The number of fused-ring (bicyclic) bond motifs is 2. The Kier molecular flexibility index (Phi) is 3.05. The van der Waals surface area contributed by atoms with E-state index in [0.717, 1.165) is 19.3 Å². The van der Waals surface area contributed by atoms with Crippen molar-refractivity contribution in [2.24, 2.45) is 28.7 Å². The summed E-state index contributed by atoms with van der Waals surface area (Å²) in [5.74, 6) is 0.188. The van der Waals surface area contributed by atoms with E-state index < -0.39 is 11.8 Å². The molecule has 92 valence electrons. The third kappa shape index (κ3) is 2.40. The van der Waals surface area contributed by atoms with Crippen LogP contribution >= 0.6 is 0 Å². The second-order valence-electron chi connectivity index (χ2n) is 5.18. The Balaban J connectivity index is 2.17. The molecule has 0 spiro atoms. The minimum absolute atomic E-state index is 0.0195. The Morgan fingerprint density at radius 1 is 1.18 bits per heavy atom. The van der Waals surface area contributed by atoms with Crippen LogP contribution in [-0.4, -0.2) is 11.8 Å². The van der Waals surface area contributed by atoms with Gasteiger partial charge in [0.15, 0.2) is 0 Å². The van der Waals surface area contributed by atoms with Gasteiger partial charge in [-0.1, -0.05) is 12.2 Å². The van der Waals surface area contributed by atoms with Crippen molar-refractivity contribution in [3.8, 4) is 0 Å². The average molecular weight is 234 g/mol. The molecule has 2 aliphatic carbocycles. The fourth-order valence-electron chi connectivity index (χ4n) is 3.35. The second-order valence-corrected chi connectivity index (χ2v) is 5.18. The molecule has 0 aliphatic heterocycles. The fourth-order valence-corrected chi connectivity index (χ4v) is 3.35. The lowest BCUT2D eigenvalue weighted by Crippen LogP contribution is -2.23. The predicted octanol–water partition coefficient (Wildman–Crippen LogP) is 0.876. The molecule has 3 unspecified atom stereocenters. The molecule has 2 fully saturated rings. The summed E-state index contributed by atoms with van der Waals surface area (Å²) in [4.78, 5) is 21.6. The maximum absolute atomic E-state index is 10.8. The van der Waals surface area contributed by atoms with Crippen molar-refractivity contribution in [2.45, 2.75) is 25.7 Å². The van der Waals surface area contributed by atoms with Crippen molar-refractivity contribution >= 4 is 11.8 Å². The van der Waals surface area contributed by atoms with E-state index in [-0.39, 0.29) is 5.41 Å². The summed E-state index contributed by atoms with van der Waals surface area (Å²) in [6.07, 6.45) is 11.2. The molecule has 2 rings (SSSR count). The van der Waals surface area contributed by atoms with Gasteiger partial charge < -0.3 is 11.5 Å². The first-order valence-electron chi connectivity index (χ1n) is 5.98. The molecule has 4 heteroatoms. The molecule has 4 nitrogen and oxygen atoms in total. The summed E-state index contributed by atoms with van der Waals surface area (Å²) in [6.45, 7) is 0. The van der Waals surface area contributed by atoms with Crippen molar-refractivity contribution in [1.82, 2.24) is 0 Å². The van der Waals surface area contributed by atoms with Crippen LogP contribution in [0.5, 0.6) is 0 Å². The van der Waals surface area contributed by atoms with Gasteiger partial charge in [0.1, 0.15) is 0 Å². The Morgan fingerprint density at radius 2 is 1.88 bits per heavy atom. The first kappa shape index (κ1) is 11.9. The van der Waals surface area contributed by atoms with Crippen LogP contribution in [0.2, 0.25) is 0 Å². The molecule has 17 heavy (non-hydrogen) atoms. The van der Waals surface area contributed by atoms with Gasteiger partial charge in [0.05, 0.1) is 0 Å². The number of nitrogens with two attached hydrogens (primary N) is 2. The molecule has 2 aliphatic rings. The first-order chi connectivity index (χ1) is 8.02. The molecular formula is C13H18N2O2. The van der Waals surface area contributed by atoms with Gasteiger partial charge in [-0.2, -0.15) is 0 Å². The van der Waals surface area contributed by atoms with Gasteiger partial charge in [-0.05, 0) is 55.1 Å². The molecule has 0 aromatic heterocycles. The van der Waals surface area contributed by atoms with E-state index >= 15 is 0 Å². The Hall–Kier alpha value is -1.58. The van der Waals surface area contributed by atoms with Crippen LogP contribution in [0.25, 0.3) is 0 Å². The number of carbonyl (C=O) groups excluding carboxylic acids is 2. The van der Waals surface area contributed by atoms with E-state index in [0.29, 0.717) is 11.8 Å². The van der Waals surface area contributed by atoms with Gasteiger partial charge >= 0.3 is 0 Å². The van der Waals surface area contributed by atoms with Crippen LogP contribution in [-0.2, 0) is 9.59 Å². The number of carbonyl (C=O) groups is 2. The van der Waals surface area contributed by atoms with Crippen LogP contribution in [0.3, 0.4) is 0 Å². The Morgan fingerprint density at radius 3 is 2.47 bits per heavy atom. The zero-order valence-corrected chi connectivity index (χ0v) is 9.76. The highest BCUT2D eigenvalue weighted by Crippen LogP contribution is 2.58. The normalized spacial score (nSPS) is 36.0. The number of primary amides is 2. The lowest BCUT2D eigenvalue weighted by molar-refractivity contribution is -0.114. The summed E-state index contributed by atoms with van der Waals surface area (Å²) in [7, 11) is 0. The maximum Gasteiger partial charge on any atom is 0.241 e. The summed E-state index contributed by atoms with van der Waals surface area (Å²) in [5, 5.41) is 0. The van der Waals surface area contributed by atoms with E-state index in [1.165, 1.54) is 18.6 Å². The Labute approximate surface area is 101 Å². The first-order valence-corrected chi connectivity index (χ1v) is 5.98. The van der Waals surface area contributed by atoms with Crippen molar-refractivity contribution in [3.63, 3.8) is 0 Å². The largest absolute Gasteiger partial charge is 0.366 e. The smallest absolute Gasteiger partial charge is 0.241 e. The quantitative estimate of drug-likeness (QED) is 0.707. The monoisotopic (exact) mass is 234 g/mol. The van der Waals surface area contributed by atoms with Crippen molar-refractivity contribution in [2.75, 3.05) is 0 Å². The minimum Gasteiger partial charge on any atom is -0.366 e. The minimum atomic E-state index is -0.415. The maximum atomic E-state index is 10.8. The molecular weight excluding hydrogens is 216 g/mol. The van der Waals surface area contributed by atoms with Crippen molar-refractivity contribution < 1.29 is 9.59 Å². The fraction of sp³-hybridized carbons (Fsp3) is 0.538. The van der Waals surface area contributed by atoms with Crippen molar-refractivity contribution in [1.29, 1.82) is 0 Å². The van der Waals surface area contributed by atoms with Gasteiger partial charge in [-0.25, -0.2) is 0 Å². The molecule has 4 N–H and O–H groups in total. The zero-order chi connectivity index (χ0) is 12.5. The van der Waals surface area contributed by atoms with Crippen LogP contribution in [0.15, 0.2) is 24.3 Å². The van der Waals surface area contributed by atoms with Crippen LogP contribution in [0, 0.1) is 17.3 Å². The highest BCUT2D eigenvalue weighted by molar-refractivity contribution is 5.86. The van der Waals surface area contributed by atoms with E-state index in [1.54, 1.807) is 0 Å². The van der Waals surface area contributed by atoms with Crippen LogP contribution in [0.1, 0.15) is 25.7 Å². The average Bonchev–Trinajstić information content (AvgIpc) is 2.81. The predicted molar refractivity (Wildman–Crippen MR) is 64.5 cm³/mol. The van der Waals surface area contributed by atoms with Gasteiger partial charge in [-0.15, -0.1) is 0 Å². The summed E-state index contributed by atoms with van der Waals surface area (Å²) in [5.41, 5.74) is 10.3. The lowest BCUT2D eigenvalue weighted by Gasteiger charge is -2.30. The number of hydrogen-bond donors (Lipinski definition) is 2. The van der Waals surface area contributed by atoms with Crippen molar-refractivity contribution in [3.05, 3.63) is 24.3 Å². The third-order valence-corrected chi connectivity index (χ3v) is 4.08. The molecule has 2 amide bonds. The van der Waals surface area contributed by atoms with Gasteiger partial charge in [0.2, 0.25) is 11.8 Å². The van der Waals surface area contributed by atoms with E-state index in [2.05, 4.69) is 0 Å².